The Morgan fingerprint density at radius 3 is 2.29 bits per heavy atom. The summed E-state index contributed by atoms with van der Waals surface area (Å²) in [5.74, 6) is 0.429. The molecule has 0 aliphatic rings. The molecule has 0 bridgehead atoms. The van der Waals surface area contributed by atoms with Crippen LogP contribution in [-0.2, 0) is 14.3 Å². The lowest BCUT2D eigenvalue weighted by Gasteiger charge is -2.24. The first-order valence-electron chi connectivity index (χ1n) is 16.4. The van der Waals surface area contributed by atoms with E-state index < -0.39 is 10.9 Å². The quantitative estimate of drug-likeness (QED) is 0.0402. The molecule has 0 radical (unpaired) electrons. The number of azo groups is 2. The van der Waals surface area contributed by atoms with Crippen molar-refractivity contribution in [2.45, 2.75) is 52.3 Å². The van der Waals surface area contributed by atoms with Crippen molar-refractivity contribution in [1.82, 2.24) is 4.98 Å². The van der Waals surface area contributed by atoms with Crippen molar-refractivity contribution in [3.8, 4) is 11.5 Å². The van der Waals surface area contributed by atoms with Crippen LogP contribution in [0.25, 0.3) is 10.2 Å². The van der Waals surface area contributed by atoms with E-state index in [9.17, 15) is 19.7 Å². The maximum Gasteiger partial charge on any atom is 0.306 e. The number of anilines is 1. The second-order valence-electron chi connectivity index (χ2n) is 10.7. The zero-order chi connectivity index (χ0) is 35.9. The van der Waals surface area contributed by atoms with Crippen molar-refractivity contribution in [1.29, 1.82) is 0 Å². The maximum absolute atomic E-state index is 12.1. The number of benzene rings is 3. The molecule has 1 heterocycles. The van der Waals surface area contributed by atoms with E-state index >= 15 is 0 Å². The topological polar surface area (TPSA) is 171 Å². The molecule has 14 nitrogen and oxygen atoms in total. The number of non-ortho nitro benzene ring substituents is 1. The minimum Gasteiger partial charge on any atom is -0.494 e. The molecular weight excluding hydrogens is 650 g/mol. The second-order valence-corrected chi connectivity index (χ2v) is 11.7. The van der Waals surface area contributed by atoms with E-state index in [4.69, 9.17) is 15.6 Å². The van der Waals surface area contributed by atoms with Gasteiger partial charge in [-0.2, -0.15) is 5.11 Å². The van der Waals surface area contributed by atoms with Crippen LogP contribution in [0.3, 0.4) is 0 Å². The van der Waals surface area contributed by atoms with Gasteiger partial charge in [-0.3, -0.25) is 19.7 Å². The Hall–Kier alpha value is -5.31. The van der Waals surface area contributed by atoms with E-state index in [1.165, 1.54) is 37.7 Å². The number of unbranched alkanes of at least 4 members (excludes halogenated alkanes) is 1. The summed E-state index contributed by atoms with van der Waals surface area (Å²) >= 11 is 1.17. The third-order valence-corrected chi connectivity index (χ3v) is 8.16. The number of fused-ring (bicyclic) bond motifs is 1. The van der Waals surface area contributed by atoms with E-state index in [1.54, 1.807) is 30.3 Å². The van der Waals surface area contributed by atoms with Crippen molar-refractivity contribution in [2.24, 2.45) is 20.5 Å². The summed E-state index contributed by atoms with van der Waals surface area (Å²) in [5.41, 5.74) is 2.76. The van der Waals surface area contributed by atoms with Crippen LogP contribution in [0.5, 0.6) is 11.5 Å². The standard InChI is InChI=1S/C34H39N7O7S/c1-5-7-8-26(42)14-16-33(43)48-19-18-40(17-6-2)24-11-9-23(10-12-24)36-37-28-21-31(47-4)29(22-30(28)46-3)38-39-34-35-27-15-13-25(41(44)45)20-32(27)49-34/h9-13,15,20-22H,5-8,14,16-19H2,1-4H3/i2D. The van der Waals surface area contributed by atoms with E-state index in [-0.39, 0.29) is 37.8 Å². The number of carbonyl (C=O) groups excluding carboxylic acids is 2. The van der Waals surface area contributed by atoms with Gasteiger partial charge in [-0.1, -0.05) is 31.6 Å². The van der Waals surface area contributed by atoms with Gasteiger partial charge in [-0.25, -0.2) is 4.98 Å². The zero-order valence-electron chi connectivity index (χ0n) is 28.7. The second kappa shape index (κ2) is 18.3. The molecule has 0 atom stereocenters. The zero-order valence-corrected chi connectivity index (χ0v) is 28.5. The summed E-state index contributed by atoms with van der Waals surface area (Å²) in [5, 5.41) is 28.6. The van der Waals surface area contributed by atoms with Crippen molar-refractivity contribution < 1.29 is 30.1 Å². The van der Waals surface area contributed by atoms with E-state index in [0.29, 0.717) is 69.8 Å². The first-order chi connectivity index (χ1) is 24.2. The first kappa shape index (κ1) is 35.0. The molecule has 4 rings (SSSR count). The van der Waals surface area contributed by atoms with Gasteiger partial charge in [0.15, 0.2) is 0 Å². The van der Waals surface area contributed by atoms with Crippen LogP contribution in [0, 0.1) is 10.1 Å². The van der Waals surface area contributed by atoms with Gasteiger partial charge in [0.1, 0.15) is 35.3 Å². The summed E-state index contributed by atoms with van der Waals surface area (Å²) in [4.78, 5) is 41.0. The largest absolute Gasteiger partial charge is 0.494 e. The minimum atomic E-state index is -0.463. The predicted octanol–water partition coefficient (Wildman–Crippen LogP) is 9.35. The van der Waals surface area contributed by atoms with Gasteiger partial charge >= 0.3 is 5.97 Å². The highest BCUT2D eigenvalue weighted by atomic mass is 32.1. The lowest BCUT2D eigenvalue weighted by atomic mass is 10.1. The molecule has 258 valence electrons. The number of thiazole rings is 1. The average Bonchev–Trinajstić information content (AvgIpc) is 3.55. The van der Waals surface area contributed by atoms with Crippen LogP contribution < -0.4 is 14.4 Å². The highest BCUT2D eigenvalue weighted by molar-refractivity contribution is 7.21. The van der Waals surface area contributed by atoms with Gasteiger partial charge in [0, 0.05) is 50.7 Å². The number of ketones is 1. The van der Waals surface area contributed by atoms with Crippen molar-refractivity contribution in [2.75, 3.05) is 38.8 Å². The molecule has 0 spiro atoms. The molecule has 0 unspecified atom stereocenters. The maximum atomic E-state index is 12.1. The molecule has 3 aromatic carbocycles. The van der Waals surface area contributed by atoms with Crippen LogP contribution in [0.1, 0.15) is 53.7 Å². The molecule has 0 saturated carbocycles. The highest BCUT2D eigenvalue weighted by Gasteiger charge is 2.14. The molecule has 15 heteroatoms. The van der Waals surface area contributed by atoms with Crippen molar-refractivity contribution in [3.63, 3.8) is 0 Å². The van der Waals surface area contributed by atoms with E-state index in [0.717, 1.165) is 18.5 Å². The number of ether oxygens (including phenoxy) is 3. The molecule has 0 saturated heterocycles. The Bertz CT molecular complexity index is 1830. The monoisotopic (exact) mass is 690 g/mol. The fraction of sp³-hybridized carbons (Fsp3) is 0.382. The predicted molar refractivity (Wildman–Crippen MR) is 188 cm³/mol. The Kier molecular flexibility index (Phi) is 13.1. The number of nitro groups is 1. The van der Waals surface area contributed by atoms with Crippen LogP contribution >= 0.6 is 11.3 Å². The number of hydrogen-bond acceptors (Lipinski definition) is 14. The molecule has 0 aliphatic heterocycles. The van der Waals surface area contributed by atoms with E-state index in [1.807, 2.05) is 24.0 Å². The molecule has 4 aromatic rings. The molecular formula is C34H39N7O7S. The SMILES string of the molecule is [2H]CCCN(CCOC(=O)CCC(=O)CCCC)c1ccc(N=Nc2cc(OC)c(N=Nc3nc4ccc([N+](=O)[O-])cc4s3)cc2OC)cc1. The highest BCUT2D eigenvalue weighted by Crippen LogP contribution is 2.41. The summed E-state index contributed by atoms with van der Waals surface area (Å²) in [6.07, 6.45) is 3.19. The van der Waals surface area contributed by atoms with Crippen LogP contribution in [0.15, 0.2) is 75.1 Å². The van der Waals surface area contributed by atoms with Gasteiger partial charge in [0.25, 0.3) is 5.69 Å². The van der Waals surface area contributed by atoms with Gasteiger partial charge in [-0.15, -0.1) is 15.3 Å². The van der Waals surface area contributed by atoms with Crippen molar-refractivity contribution >= 4 is 66.9 Å². The summed E-state index contributed by atoms with van der Waals surface area (Å²) in [6, 6.07) is 15.0. The number of hydrogen-bond donors (Lipinski definition) is 0. The number of nitro benzene ring substituents is 1. The third-order valence-electron chi connectivity index (χ3n) is 7.25. The van der Waals surface area contributed by atoms with Crippen molar-refractivity contribution in [3.05, 3.63) is 64.7 Å². The number of esters is 1. The number of nitrogens with zero attached hydrogens (tertiary/aromatic N) is 7. The molecule has 0 amide bonds. The molecule has 0 aliphatic carbocycles. The smallest absolute Gasteiger partial charge is 0.306 e. The molecule has 0 N–H and O–H groups in total. The Morgan fingerprint density at radius 1 is 0.918 bits per heavy atom. The van der Waals surface area contributed by atoms with Gasteiger partial charge < -0.3 is 19.1 Å². The fourth-order valence-electron chi connectivity index (χ4n) is 4.66. The average molecular weight is 691 g/mol. The third kappa shape index (κ3) is 10.6. The Morgan fingerprint density at radius 2 is 1.63 bits per heavy atom. The van der Waals surface area contributed by atoms with Crippen LogP contribution in [-0.4, -0.2) is 55.6 Å². The molecule has 0 fully saturated rings. The number of aromatic nitrogens is 1. The Labute approximate surface area is 289 Å². The first-order valence-corrected chi connectivity index (χ1v) is 16.5. The lowest BCUT2D eigenvalue weighted by Crippen LogP contribution is -2.29. The summed E-state index contributed by atoms with van der Waals surface area (Å²) < 4.78 is 24.6. The minimum absolute atomic E-state index is 0.0293. The number of carbonyl (C=O) groups is 2. The normalized spacial score (nSPS) is 11.6. The van der Waals surface area contributed by atoms with Crippen LogP contribution in [0.4, 0.5) is 33.6 Å². The number of Topliss-reactive ketones (excluding diaryl/α,β-unsaturated/α-hetero) is 1. The van der Waals surface area contributed by atoms with Crippen LogP contribution in [0.2, 0.25) is 0 Å². The van der Waals surface area contributed by atoms with Gasteiger partial charge in [0.2, 0.25) is 5.13 Å². The fourth-order valence-corrected chi connectivity index (χ4v) is 5.48. The van der Waals surface area contributed by atoms with Gasteiger partial charge in [-0.05, 0) is 43.2 Å². The van der Waals surface area contributed by atoms with E-state index in [2.05, 4.69) is 25.4 Å². The molecule has 1 aromatic heterocycles. The summed E-state index contributed by atoms with van der Waals surface area (Å²) in [7, 11) is 2.98. The van der Waals surface area contributed by atoms with Gasteiger partial charge in [0.05, 0.1) is 48.0 Å². The Balaban J connectivity index is 1.41. The lowest BCUT2D eigenvalue weighted by molar-refractivity contribution is -0.384. The molecule has 49 heavy (non-hydrogen) atoms. The summed E-state index contributed by atoms with van der Waals surface area (Å²) in [6.45, 7) is 3.51. The number of rotatable bonds is 19. The number of methoxy groups -OCH3 is 2.